The number of para-hydroxylation sites is 1. The van der Waals surface area contributed by atoms with Gasteiger partial charge in [-0.05, 0) is 31.4 Å². The van der Waals surface area contributed by atoms with Gasteiger partial charge in [-0.2, -0.15) is 0 Å². The Kier molecular flexibility index (Phi) is 7.37. The number of carbonyl (C=O) groups is 2. The topological polar surface area (TPSA) is 97.9 Å². The largest absolute Gasteiger partial charge is 0.497 e. The molecule has 0 spiro atoms. The van der Waals surface area contributed by atoms with Crippen LogP contribution in [-0.2, 0) is 4.74 Å². The Balaban J connectivity index is 1.49. The Bertz CT molecular complexity index is 837. The van der Waals surface area contributed by atoms with Crippen molar-refractivity contribution in [3.8, 4) is 11.5 Å². The van der Waals surface area contributed by atoms with Gasteiger partial charge in [-0.15, -0.1) is 0 Å². The summed E-state index contributed by atoms with van der Waals surface area (Å²) in [5, 5.41) is 8.46. The molecule has 0 aliphatic heterocycles. The van der Waals surface area contributed by atoms with Gasteiger partial charge in [0, 0.05) is 42.0 Å². The molecule has 1 fully saturated rings. The van der Waals surface area contributed by atoms with Crippen molar-refractivity contribution in [1.29, 1.82) is 0 Å². The highest BCUT2D eigenvalue weighted by Gasteiger charge is 2.26. The Labute approximate surface area is 175 Å². The van der Waals surface area contributed by atoms with Gasteiger partial charge in [-0.1, -0.05) is 18.2 Å². The van der Waals surface area contributed by atoms with Crippen LogP contribution in [0.2, 0.25) is 0 Å². The quantitative estimate of drug-likeness (QED) is 0.653. The minimum absolute atomic E-state index is 0.0826. The summed E-state index contributed by atoms with van der Waals surface area (Å²) in [5.41, 5.74) is 1.25. The Morgan fingerprint density at radius 1 is 0.900 bits per heavy atom. The smallest absolute Gasteiger partial charge is 0.411 e. The number of carbonyl (C=O) groups excluding carboxylic acids is 2. The molecule has 30 heavy (non-hydrogen) atoms. The molecular weight excluding hydrogens is 386 g/mol. The molecule has 8 heteroatoms. The molecule has 160 valence electrons. The lowest BCUT2D eigenvalue weighted by atomic mass is 9.93. The van der Waals surface area contributed by atoms with E-state index in [1.807, 2.05) is 18.2 Å². The maximum Gasteiger partial charge on any atom is 0.411 e. The van der Waals surface area contributed by atoms with E-state index in [0.29, 0.717) is 29.3 Å². The molecule has 3 N–H and O–H groups in total. The molecule has 2 atom stereocenters. The molecule has 2 aromatic rings. The fourth-order valence-corrected chi connectivity index (χ4v) is 3.44. The molecule has 8 nitrogen and oxygen atoms in total. The van der Waals surface area contributed by atoms with E-state index in [9.17, 15) is 9.59 Å². The Morgan fingerprint density at radius 3 is 2.27 bits per heavy atom. The van der Waals surface area contributed by atoms with Crippen LogP contribution in [0.25, 0.3) is 0 Å². The van der Waals surface area contributed by atoms with Crippen LogP contribution in [0, 0.1) is 0 Å². The van der Waals surface area contributed by atoms with Gasteiger partial charge < -0.3 is 24.8 Å². The van der Waals surface area contributed by atoms with Crippen LogP contribution >= 0.6 is 0 Å². The lowest BCUT2D eigenvalue weighted by molar-refractivity contribution is 0.0779. The van der Waals surface area contributed by atoms with Crippen molar-refractivity contribution in [3.05, 3.63) is 48.5 Å². The number of hydrogen-bond acceptors (Lipinski definition) is 5. The number of benzene rings is 2. The highest BCUT2D eigenvalue weighted by molar-refractivity contribution is 5.90. The molecule has 0 unspecified atom stereocenters. The summed E-state index contributed by atoms with van der Waals surface area (Å²) in [6.07, 6.45) is 2.30. The fourth-order valence-electron chi connectivity index (χ4n) is 3.44. The lowest BCUT2D eigenvalue weighted by Gasteiger charge is -2.29. The SMILES string of the molecule is COc1cc(NC(=O)N[C@@H]2CCC[C@H](OC(=O)Nc3ccccc3)C2)cc(OC)c1. The van der Waals surface area contributed by atoms with Crippen molar-refractivity contribution in [1.82, 2.24) is 5.32 Å². The van der Waals surface area contributed by atoms with E-state index in [1.165, 1.54) is 0 Å². The van der Waals surface area contributed by atoms with Gasteiger partial charge in [0.25, 0.3) is 0 Å². The third-order valence-electron chi connectivity index (χ3n) is 4.86. The summed E-state index contributed by atoms with van der Waals surface area (Å²) in [7, 11) is 3.10. The molecule has 0 saturated heterocycles. The van der Waals surface area contributed by atoms with Crippen LogP contribution in [0.15, 0.2) is 48.5 Å². The molecule has 0 radical (unpaired) electrons. The molecule has 0 bridgehead atoms. The van der Waals surface area contributed by atoms with Gasteiger partial charge in [-0.25, -0.2) is 9.59 Å². The van der Waals surface area contributed by atoms with Gasteiger partial charge in [-0.3, -0.25) is 5.32 Å². The van der Waals surface area contributed by atoms with Crippen LogP contribution in [0.5, 0.6) is 11.5 Å². The van der Waals surface area contributed by atoms with Gasteiger partial charge in [0.15, 0.2) is 0 Å². The first kappa shape index (κ1) is 21.3. The minimum Gasteiger partial charge on any atom is -0.497 e. The third-order valence-corrected chi connectivity index (χ3v) is 4.86. The summed E-state index contributed by atoms with van der Waals surface area (Å²) in [4.78, 5) is 24.5. The predicted octanol–water partition coefficient (Wildman–Crippen LogP) is 4.39. The number of nitrogens with one attached hydrogen (secondary N) is 3. The number of ether oxygens (including phenoxy) is 3. The maximum absolute atomic E-state index is 12.4. The number of hydrogen-bond donors (Lipinski definition) is 3. The highest BCUT2D eigenvalue weighted by Crippen LogP contribution is 2.26. The minimum atomic E-state index is -0.486. The third kappa shape index (κ3) is 6.30. The molecule has 1 aliphatic carbocycles. The van der Waals surface area contributed by atoms with Gasteiger partial charge in [0.2, 0.25) is 0 Å². The van der Waals surface area contributed by atoms with Gasteiger partial charge in [0.05, 0.1) is 14.2 Å². The van der Waals surface area contributed by atoms with E-state index >= 15 is 0 Å². The molecule has 3 amide bonds. The summed E-state index contributed by atoms with van der Waals surface area (Å²) in [6, 6.07) is 13.9. The second kappa shape index (κ2) is 10.4. The molecular formula is C22H27N3O5. The van der Waals surface area contributed by atoms with Crippen LogP contribution in [0.3, 0.4) is 0 Å². The molecule has 1 aliphatic rings. The molecule has 2 aromatic carbocycles. The second-order valence-electron chi connectivity index (χ2n) is 7.08. The highest BCUT2D eigenvalue weighted by atomic mass is 16.6. The zero-order valence-electron chi connectivity index (χ0n) is 17.1. The number of urea groups is 1. The molecule has 3 rings (SSSR count). The van der Waals surface area contributed by atoms with Crippen molar-refractivity contribution in [2.75, 3.05) is 24.9 Å². The van der Waals surface area contributed by atoms with Gasteiger partial charge in [0.1, 0.15) is 17.6 Å². The predicted molar refractivity (Wildman–Crippen MR) is 114 cm³/mol. The van der Waals surface area contributed by atoms with E-state index in [2.05, 4.69) is 16.0 Å². The van der Waals surface area contributed by atoms with Gasteiger partial charge >= 0.3 is 12.1 Å². The molecule has 1 saturated carbocycles. The van der Waals surface area contributed by atoms with Crippen molar-refractivity contribution >= 4 is 23.5 Å². The van der Waals surface area contributed by atoms with Crippen molar-refractivity contribution in [3.63, 3.8) is 0 Å². The summed E-state index contributed by atoms with van der Waals surface area (Å²) < 4.78 is 16.0. The van der Waals surface area contributed by atoms with Crippen LogP contribution in [-0.4, -0.2) is 38.5 Å². The molecule has 0 aromatic heterocycles. The van der Waals surface area contributed by atoms with Crippen molar-refractivity contribution in [2.24, 2.45) is 0 Å². The number of methoxy groups -OCH3 is 2. The average Bonchev–Trinajstić information content (AvgIpc) is 2.74. The second-order valence-corrected chi connectivity index (χ2v) is 7.08. The number of amides is 3. The summed E-state index contributed by atoms with van der Waals surface area (Å²) in [5.74, 6) is 1.17. The zero-order valence-corrected chi connectivity index (χ0v) is 17.1. The number of anilines is 2. The number of rotatable bonds is 6. The standard InChI is InChI=1S/C22H27N3O5/c1-28-19-12-17(13-20(14-19)29-2)24-21(26)23-16-9-6-10-18(11-16)30-22(27)25-15-7-4-3-5-8-15/h3-5,7-8,12-14,16,18H,6,9-11H2,1-2H3,(H,25,27)(H2,23,24,26)/t16-,18+/m1/s1. The van der Waals surface area contributed by atoms with E-state index in [4.69, 9.17) is 14.2 Å². The zero-order chi connectivity index (χ0) is 21.3. The van der Waals surface area contributed by atoms with Crippen molar-refractivity contribution in [2.45, 2.75) is 37.8 Å². The fraction of sp³-hybridized carbons (Fsp3) is 0.364. The van der Waals surface area contributed by atoms with E-state index in [0.717, 1.165) is 19.3 Å². The Hall–Kier alpha value is -3.42. The lowest BCUT2D eigenvalue weighted by Crippen LogP contribution is -2.43. The monoisotopic (exact) mass is 413 g/mol. The van der Waals surface area contributed by atoms with E-state index < -0.39 is 6.09 Å². The average molecular weight is 413 g/mol. The van der Waals surface area contributed by atoms with Crippen LogP contribution in [0.1, 0.15) is 25.7 Å². The first-order chi connectivity index (χ1) is 14.6. The van der Waals surface area contributed by atoms with E-state index in [1.54, 1.807) is 44.6 Å². The summed E-state index contributed by atoms with van der Waals surface area (Å²) in [6.45, 7) is 0. The first-order valence-electron chi connectivity index (χ1n) is 9.89. The Morgan fingerprint density at radius 2 is 1.60 bits per heavy atom. The van der Waals surface area contributed by atoms with Crippen LogP contribution in [0.4, 0.5) is 21.0 Å². The maximum atomic E-state index is 12.4. The molecule has 0 heterocycles. The first-order valence-corrected chi connectivity index (χ1v) is 9.89. The van der Waals surface area contributed by atoms with E-state index in [-0.39, 0.29) is 18.2 Å². The van der Waals surface area contributed by atoms with Crippen LogP contribution < -0.4 is 25.4 Å². The normalized spacial score (nSPS) is 18.1. The summed E-state index contributed by atoms with van der Waals surface area (Å²) >= 11 is 0. The van der Waals surface area contributed by atoms with Crippen molar-refractivity contribution < 1.29 is 23.8 Å².